The van der Waals surface area contributed by atoms with Crippen molar-refractivity contribution in [2.24, 2.45) is 0 Å². The minimum Gasteiger partial charge on any atom is -0.395 e. The molecule has 2 atom stereocenters. The zero-order chi connectivity index (χ0) is 18.2. The Balaban J connectivity index is 1.96. The van der Waals surface area contributed by atoms with Gasteiger partial charge in [-0.25, -0.2) is 0 Å². The molecule has 3 heteroatoms. The maximum absolute atomic E-state index is 11.2. The number of nitrogens with zero attached hydrogens (tertiary/aromatic N) is 1. The lowest BCUT2D eigenvalue weighted by Gasteiger charge is -2.35. The molecule has 0 heterocycles. The maximum Gasteiger partial charge on any atom is 0.0986 e. The van der Waals surface area contributed by atoms with Gasteiger partial charge in [0.15, 0.2) is 0 Å². The number of rotatable bonds is 8. The molecule has 134 valence electrons. The molecule has 3 nitrogen and oxygen atoms in total. The van der Waals surface area contributed by atoms with Crippen LogP contribution in [0, 0.1) is 0 Å². The van der Waals surface area contributed by atoms with Crippen molar-refractivity contribution >= 4 is 0 Å². The van der Waals surface area contributed by atoms with Gasteiger partial charge in [-0.2, -0.15) is 0 Å². The molecule has 0 fully saturated rings. The van der Waals surface area contributed by atoms with Gasteiger partial charge in [-0.05, 0) is 16.7 Å². The lowest BCUT2D eigenvalue weighted by molar-refractivity contribution is 0.0325. The standard InChI is InChI=1S/C23H25NO2/c25-17-16-24(18-19-10-4-1-5-11-19)22(20-12-6-2-7-13-20)23(26)21-14-8-3-9-15-21/h1-15,22-23,25-26H,16-18H2/t22-,23+/m0/s1. The summed E-state index contributed by atoms with van der Waals surface area (Å²) in [5.74, 6) is 0. The van der Waals surface area contributed by atoms with Crippen LogP contribution in [0.25, 0.3) is 0 Å². The van der Waals surface area contributed by atoms with Crippen LogP contribution in [-0.2, 0) is 6.54 Å². The van der Waals surface area contributed by atoms with E-state index in [1.807, 2.05) is 78.9 Å². The van der Waals surface area contributed by atoms with Crippen LogP contribution in [0.5, 0.6) is 0 Å². The Morgan fingerprint density at radius 1 is 0.692 bits per heavy atom. The maximum atomic E-state index is 11.2. The van der Waals surface area contributed by atoms with Crippen molar-refractivity contribution in [1.82, 2.24) is 4.90 Å². The van der Waals surface area contributed by atoms with E-state index in [-0.39, 0.29) is 12.6 Å². The Kier molecular flexibility index (Phi) is 6.56. The quantitative estimate of drug-likeness (QED) is 0.648. The Morgan fingerprint density at radius 3 is 1.73 bits per heavy atom. The van der Waals surface area contributed by atoms with Crippen LogP contribution in [0.2, 0.25) is 0 Å². The molecule has 0 aliphatic heterocycles. The molecule has 0 aliphatic carbocycles. The number of aliphatic hydroxyl groups is 2. The van der Waals surface area contributed by atoms with E-state index in [0.717, 1.165) is 16.7 Å². The van der Waals surface area contributed by atoms with Gasteiger partial charge in [-0.3, -0.25) is 4.90 Å². The average molecular weight is 347 g/mol. The second-order valence-corrected chi connectivity index (χ2v) is 6.39. The number of hydrogen-bond acceptors (Lipinski definition) is 3. The van der Waals surface area contributed by atoms with E-state index >= 15 is 0 Å². The van der Waals surface area contributed by atoms with Crippen molar-refractivity contribution in [2.75, 3.05) is 13.2 Å². The molecule has 3 aromatic rings. The van der Waals surface area contributed by atoms with E-state index in [1.54, 1.807) is 0 Å². The Bertz CT molecular complexity index is 762. The topological polar surface area (TPSA) is 43.7 Å². The predicted molar refractivity (Wildman–Crippen MR) is 105 cm³/mol. The van der Waals surface area contributed by atoms with Gasteiger partial charge in [0.25, 0.3) is 0 Å². The van der Waals surface area contributed by atoms with Crippen molar-refractivity contribution in [1.29, 1.82) is 0 Å². The molecule has 0 aromatic heterocycles. The summed E-state index contributed by atoms with van der Waals surface area (Å²) in [6.07, 6.45) is -0.686. The molecule has 26 heavy (non-hydrogen) atoms. The average Bonchev–Trinajstić information content (AvgIpc) is 2.70. The number of aliphatic hydroxyl groups excluding tert-OH is 2. The smallest absolute Gasteiger partial charge is 0.0986 e. The highest BCUT2D eigenvalue weighted by atomic mass is 16.3. The highest BCUT2D eigenvalue weighted by molar-refractivity contribution is 5.27. The van der Waals surface area contributed by atoms with E-state index in [1.165, 1.54) is 0 Å². The molecule has 3 rings (SSSR count). The minimum absolute atomic E-state index is 0.0394. The van der Waals surface area contributed by atoms with Gasteiger partial charge in [-0.15, -0.1) is 0 Å². The first-order valence-electron chi connectivity index (χ1n) is 8.96. The molecular formula is C23H25NO2. The number of hydrogen-bond donors (Lipinski definition) is 2. The first kappa shape index (κ1) is 18.3. The Hall–Kier alpha value is -2.46. The molecule has 2 N–H and O–H groups in total. The fourth-order valence-electron chi connectivity index (χ4n) is 3.34. The summed E-state index contributed by atoms with van der Waals surface area (Å²) in [6.45, 7) is 1.18. The van der Waals surface area contributed by atoms with Crippen LogP contribution in [0.4, 0.5) is 0 Å². The highest BCUT2D eigenvalue weighted by Gasteiger charge is 2.28. The first-order chi connectivity index (χ1) is 12.8. The third kappa shape index (κ3) is 4.58. The van der Waals surface area contributed by atoms with Crippen LogP contribution < -0.4 is 0 Å². The van der Waals surface area contributed by atoms with Crippen molar-refractivity contribution in [3.05, 3.63) is 108 Å². The van der Waals surface area contributed by atoms with Gasteiger partial charge in [0.1, 0.15) is 0 Å². The van der Waals surface area contributed by atoms with E-state index in [4.69, 9.17) is 0 Å². The monoisotopic (exact) mass is 347 g/mol. The molecule has 0 saturated carbocycles. The zero-order valence-electron chi connectivity index (χ0n) is 14.8. The van der Waals surface area contributed by atoms with Gasteiger partial charge < -0.3 is 10.2 Å². The van der Waals surface area contributed by atoms with Crippen molar-refractivity contribution < 1.29 is 10.2 Å². The van der Waals surface area contributed by atoms with E-state index in [2.05, 4.69) is 17.0 Å². The summed E-state index contributed by atoms with van der Waals surface area (Å²) in [4.78, 5) is 2.14. The van der Waals surface area contributed by atoms with Gasteiger partial charge in [0.05, 0.1) is 18.8 Å². The van der Waals surface area contributed by atoms with Crippen LogP contribution in [0.3, 0.4) is 0 Å². The molecular weight excluding hydrogens is 322 g/mol. The van der Waals surface area contributed by atoms with E-state index in [0.29, 0.717) is 13.1 Å². The summed E-state index contributed by atoms with van der Waals surface area (Å²) in [6, 6.07) is 29.6. The Labute approximate surface area is 155 Å². The predicted octanol–water partition coefficient (Wildman–Crippen LogP) is 3.96. The highest BCUT2D eigenvalue weighted by Crippen LogP contribution is 2.34. The van der Waals surface area contributed by atoms with Crippen LogP contribution in [-0.4, -0.2) is 28.3 Å². The van der Waals surface area contributed by atoms with Gasteiger partial charge in [0, 0.05) is 13.1 Å². The molecule has 3 aromatic carbocycles. The van der Waals surface area contributed by atoms with Crippen LogP contribution in [0.1, 0.15) is 28.8 Å². The first-order valence-corrected chi connectivity index (χ1v) is 8.96. The normalized spacial score (nSPS) is 13.5. The lowest BCUT2D eigenvalue weighted by atomic mass is 9.94. The summed E-state index contributed by atoms with van der Waals surface area (Å²) in [5.41, 5.74) is 3.06. The summed E-state index contributed by atoms with van der Waals surface area (Å²) in [5, 5.41) is 20.8. The third-order valence-corrected chi connectivity index (χ3v) is 4.59. The third-order valence-electron chi connectivity index (χ3n) is 4.59. The fourth-order valence-corrected chi connectivity index (χ4v) is 3.34. The van der Waals surface area contributed by atoms with Crippen molar-refractivity contribution in [3.63, 3.8) is 0 Å². The summed E-state index contributed by atoms with van der Waals surface area (Å²) >= 11 is 0. The largest absolute Gasteiger partial charge is 0.395 e. The van der Waals surface area contributed by atoms with Crippen molar-refractivity contribution in [2.45, 2.75) is 18.7 Å². The molecule has 0 saturated heterocycles. The molecule has 0 aliphatic rings. The SMILES string of the molecule is OCCN(Cc1ccccc1)[C@@H](c1ccccc1)[C@H](O)c1ccccc1. The number of benzene rings is 3. The van der Waals surface area contributed by atoms with Crippen molar-refractivity contribution in [3.8, 4) is 0 Å². The zero-order valence-corrected chi connectivity index (χ0v) is 14.8. The summed E-state index contributed by atoms with van der Waals surface area (Å²) < 4.78 is 0. The minimum atomic E-state index is -0.686. The van der Waals surface area contributed by atoms with E-state index < -0.39 is 6.10 Å². The van der Waals surface area contributed by atoms with Gasteiger partial charge in [-0.1, -0.05) is 91.0 Å². The summed E-state index contributed by atoms with van der Waals surface area (Å²) in [7, 11) is 0. The molecule has 0 bridgehead atoms. The molecule has 0 spiro atoms. The van der Waals surface area contributed by atoms with Gasteiger partial charge in [0.2, 0.25) is 0 Å². The van der Waals surface area contributed by atoms with Crippen LogP contribution in [0.15, 0.2) is 91.0 Å². The second kappa shape index (κ2) is 9.30. The molecule has 0 radical (unpaired) electrons. The molecule has 0 amide bonds. The Morgan fingerprint density at radius 2 is 1.19 bits per heavy atom. The molecule has 0 unspecified atom stereocenters. The lowest BCUT2D eigenvalue weighted by Crippen LogP contribution is -2.34. The van der Waals surface area contributed by atoms with E-state index in [9.17, 15) is 10.2 Å². The second-order valence-electron chi connectivity index (χ2n) is 6.39. The van der Waals surface area contributed by atoms with Gasteiger partial charge >= 0.3 is 0 Å². The fraction of sp³-hybridized carbons (Fsp3) is 0.217. The van der Waals surface area contributed by atoms with Crippen LogP contribution >= 0.6 is 0 Å².